The Morgan fingerprint density at radius 1 is 1.33 bits per heavy atom. The fourth-order valence-corrected chi connectivity index (χ4v) is 3.14. The summed E-state index contributed by atoms with van der Waals surface area (Å²) < 4.78 is 0. The van der Waals surface area contributed by atoms with Gasteiger partial charge in [-0.2, -0.15) is 5.26 Å². The maximum absolute atomic E-state index is 9.41. The highest BCUT2D eigenvalue weighted by Gasteiger charge is 2.21. The Hall–Kier alpha value is -1.57. The van der Waals surface area contributed by atoms with Crippen LogP contribution >= 0.6 is 0 Å². The van der Waals surface area contributed by atoms with Crippen LogP contribution in [-0.2, 0) is 6.54 Å². The molecule has 1 heterocycles. The van der Waals surface area contributed by atoms with Gasteiger partial charge in [-0.05, 0) is 57.6 Å². The van der Waals surface area contributed by atoms with Crippen LogP contribution in [0.3, 0.4) is 0 Å². The van der Waals surface area contributed by atoms with Gasteiger partial charge in [-0.1, -0.05) is 6.07 Å². The monoisotopic (exact) mass is 286 g/mol. The number of benzene rings is 1. The Balaban J connectivity index is 2.04. The van der Waals surface area contributed by atoms with Crippen LogP contribution in [0.4, 0.5) is 5.69 Å². The van der Waals surface area contributed by atoms with Gasteiger partial charge in [0, 0.05) is 26.2 Å². The van der Waals surface area contributed by atoms with Crippen LogP contribution in [0.15, 0.2) is 18.2 Å². The van der Waals surface area contributed by atoms with Crippen molar-refractivity contribution in [1.82, 2.24) is 10.2 Å². The van der Waals surface area contributed by atoms with Crippen molar-refractivity contribution < 1.29 is 0 Å². The maximum atomic E-state index is 9.41. The number of rotatable bonds is 5. The fourth-order valence-electron chi connectivity index (χ4n) is 3.14. The summed E-state index contributed by atoms with van der Waals surface area (Å²) in [5, 5.41) is 12.5. The summed E-state index contributed by atoms with van der Waals surface area (Å²) in [6, 6.07) is 8.60. The molecule has 4 heteroatoms. The van der Waals surface area contributed by atoms with Crippen LogP contribution in [0, 0.1) is 17.2 Å². The normalized spacial score (nSPS) is 16.2. The van der Waals surface area contributed by atoms with Gasteiger partial charge in [0.05, 0.1) is 11.3 Å². The molecule has 0 aromatic heterocycles. The van der Waals surface area contributed by atoms with E-state index in [1.807, 2.05) is 13.1 Å². The average Bonchev–Trinajstić information content (AvgIpc) is 2.48. The van der Waals surface area contributed by atoms with Gasteiger partial charge >= 0.3 is 0 Å². The molecule has 1 aromatic rings. The van der Waals surface area contributed by atoms with E-state index in [2.05, 4.69) is 47.4 Å². The third kappa shape index (κ3) is 4.20. The van der Waals surface area contributed by atoms with Crippen molar-refractivity contribution in [1.29, 1.82) is 5.26 Å². The first-order valence-electron chi connectivity index (χ1n) is 7.71. The van der Waals surface area contributed by atoms with Crippen LogP contribution in [-0.4, -0.2) is 45.7 Å². The predicted octanol–water partition coefficient (Wildman–Crippen LogP) is 2.06. The first kappa shape index (κ1) is 15.8. The molecule has 21 heavy (non-hydrogen) atoms. The Morgan fingerprint density at radius 3 is 2.62 bits per heavy atom. The molecule has 1 aromatic carbocycles. The zero-order valence-corrected chi connectivity index (χ0v) is 13.4. The summed E-state index contributed by atoms with van der Waals surface area (Å²) >= 11 is 0. The quantitative estimate of drug-likeness (QED) is 0.899. The van der Waals surface area contributed by atoms with Gasteiger partial charge in [0.25, 0.3) is 0 Å². The summed E-state index contributed by atoms with van der Waals surface area (Å²) in [7, 11) is 6.21. The molecular formula is C17H26N4. The van der Waals surface area contributed by atoms with Crippen molar-refractivity contribution in [2.45, 2.75) is 19.4 Å². The van der Waals surface area contributed by atoms with E-state index in [9.17, 15) is 5.26 Å². The SMILES string of the molecule is CNCc1ccc(N2CCC(CN(C)C)CC2)c(C#N)c1. The van der Waals surface area contributed by atoms with E-state index in [-0.39, 0.29) is 0 Å². The van der Waals surface area contributed by atoms with E-state index in [1.165, 1.54) is 24.9 Å². The largest absolute Gasteiger partial charge is 0.370 e. The van der Waals surface area contributed by atoms with Crippen LogP contribution in [0.1, 0.15) is 24.0 Å². The van der Waals surface area contributed by atoms with Gasteiger partial charge in [0.1, 0.15) is 6.07 Å². The van der Waals surface area contributed by atoms with Gasteiger partial charge in [-0.3, -0.25) is 0 Å². The molecule has 0 spiro atoms. The van der Waals surface area contributed by atoms with Crippen molar-refractivity contribution in [3.8, 4) is 6.07 Å². The highest BCUT2D eigenvalue weighted by Crippen LogP contribution is 2.27. The van der Waals surface area contributed by atoms with Gasteiger partial charge in [0.15, 0.2) is 0 Å². The highest BCUT2D eigenvalue weighted by molar-refractivity contribution is 5.60. The maximum Gasteiger partial charge on any atom is 0.101 e. The minimum Gasteiger partial charge on any atom is -0.370 e. The second-order valence-corrected chi connectivity index (χ2v) is 6.19. The van der Waals surface area contributed by atoms with Crippen molar-refractivity contribution in [2.75, 3.05) is 45.7 Å². The zero-order valence-electron chi connectivity index (χ0n) is 13.4. The standard InChI is InChI=1S/C17H26N4/c1-19-12-15-4-5-17(16(10-15)11-18)21-8-6-14(7-9-21)13-20(2)3/h4-5,10,14,19H,6-9,12-13H2,1-3H3. The van der Waals surface area contributed by atoms with Crippen LogP contribution in [0.5, 0.6) is 0 Å². The summed E-state index contributed by atoms with van der Waals surface area (Å²) in [5.74, 6) is 0.783. The lowest BCUT2D eigenvalue weighted by Gasteiger charge is -2.35. The number of nitrogens with zero attached hydrogens (tertiary/aromatic N) is 3. The van der Waals surface area contributed by atoms with Crippen molar-refractivity contribution >= 4 is 5.69 Å². The van der Waals surface area contributed by atoms with Gasteiger partial charge < -0.3 is 15.1 Å². The second kappa shape index (κ2) is 7.44. The lowest BCUT2D eigenvalue weighted by Crippen LogP contribution is -2.37. The summed E-state index contributed by atoms with van der Waals surface area (Å²) in [4.78, 5) is 4.64. The number of hydrogen-bond acceptors (Lipinski definition) is 4. The molecular weight excluding hydrogens is 260 g/mol. The number of nitrogens with one attached hydrogen (secondary N) is 1. The summed E-state index contributed by atoms with van der Waals surface area (Å²) in [6.45, 7) is 4.08. The van der Waals surface area contributed by atoms with E-state index < -0.39 is 0 Å². The van der Waals surface area contributed by atoms with Gasteiger partial charge in [0.2, 0.25) is 0 Å². The number of nitriles is 1. The molecule has 0 unspecified atom stereocenters. The number of hydrogen-bond donors (Lipinski definition) is 1. The molecule has 1 fully saturated rings. The topological polar surface area (TPSA) is 42.3 Å². The molecule has 2 rings (SSSR count). The van der Waals surface area contributed by atoms with Gasteiger partial charge in [-0.25, -0.2) is 0 Å². The molecule has 0 aliphatic carbocycles. The van der Waals surface area contributed by atoms with Crippen LogP contribution in [0.25, 0.3) is 0 Å². The smallest absolute Gasteiger partial charge is 0.101 e. The number of piperidine rings is 1. The van der Waals surface area contributed by atoms with Crippen molar-refractivity contribution in [2.24, 2.45) is 5.92 Å². The third-order valence-electron chi connectivity index (χ3n) is 4.14. The Labute approximate surface area is 128 Å². The van der Waals surface area contributed by atoms with Crippen molar-refractivity contribution in [3.63, 3.8) is 0 Å². The molecule has 0 amide bonds. The molecule has 114 valence electrons. The van der Waals surface area contributed by atoms with E-state index >= 15 is 0 Å². The first-order chi connectivity index (χ1) is 10.1. The van der Waals surface area contributed by atoms with E-state index in [0.29, 0.717) is 0 Å². The van der Waals surface area contributed by atoms with Crippen molar-refractivity contribution in [3.05, 3.63) is 29.3 Å². The lowest BCUT2D eigenvalue weighted by atomic mass is 9.95. The Kier molecular flexibility index (Phi) is 5.60. The molecule has 0 bridgehead atoms. The first-order valence-corrected chi connectivity index (χ1v) is 7.71. The third-order valence-corrected chi connectivity index (χ3v) is 4.14. The molecule has 0 saturated carbocycles. The molecule has 1 N–H and O–H groups in total. The number of anilines is 1. The summed E-state index contributed by atoms with van der Waals surface area (Å²) in [5.41, 5.74) is 3.06. The molecule has 0 radical (unpaired) electrons. The van der Waals surface area contributed by atoms with Gasteiger partial charge in [-0.15, -0.1) is 0 Å². The highest BCUT2D eigenvalue weighted by atomic mass is 15.1. The Bertz CT molecular complexity index is 496. The van der Waals surface area contributed by atoms with E-state index in [1.54, 1.807) is 0 Å². The van der Waals surface area contributed by atoms with E-state index in [4.69, 9.17) is 0 Å². The molecule has 4 nitrogen and oxygen atoms in total. The molecule has 0 atom stereocenters. The van der Waals surface area contributed by atoms with E-state index in [0.717, 1.165) is 36.8 Å². The zero-order chi connectivity index (χ0) is 15.2. The summed E-state index contributed by atoms with van der Waals surface area (Å²) in [6.07, 6.45) is 2.42. The lowest BCUT2D eigenvalue weighted by molar-refractivity contribution is 0.285. The Morgan fingerprint density at radius 2 is 2.05 bits per heavy atom. The second-order valence-electron chi connectivity index (χ2n) is 6.19. The predicted molar refractivity (Wildman–Crippen MR) is 87.4 cm³/mol. The molecule has 1 aliphatic rings. The average molecular weight is 286 g/mol. The minimum absolute atomic E-state index is 0.783. The van der Waals surface area contributed by atoms with Crippen LogP contribution < -0.4 is 10.2 Å². The molecule has 1 saturated heterocycles. The fraction of sp³-hybridized carbons (Fsp3) is 0.588. The van der Waals surface area contributed by atoms with Crippen LogP contribution in [0.2, 0.25) is 0 Å². The minimum atomic E-state index is 0.783. The molecule has 1 aliphatic heterocycles.